The van der Waals surface area contributed by atoms with Crippen molar-refractivity contribution in [2.24, 2.45) is 5.73 Å². The minimum atomic E-state index is -0.585. The molecule has 3 N–H and O–H groups in total. The van der Waals surface area contributed by atoms with Crippen LogP contribution >= 0.6 is 11.6 Å². The van der Waals surface area contributed by atoms with Crippen molar-refractivity contribution in [2.45, 2.75) is 6.92 Å². The minimum absolute atomic E-state index is 0.159. The maximum absolute atomic E-state index is 11.3. The van der Waals surface area contributed by atoms with Crippen molar-refractivity contribution >= 4 is 23.5 Å². The number of anilines is 1. The molecule has 0 aliphatic rings. The van der Waals surface area contributed by atoms with Crippen molar-refractivity contribution in [1.29, 1.82) is 0 Å². The van der Waals surface area contributed by atoms with Crippen molar-refractivity contribution in [1.82, 2.24) is 9.97 Å². The molecular weight excluding hydrogens is 280 g/mol. The van der Waals surface area contributed by atoms with E-state index in [1.54, 1.807) is 24.3 Å². The van der Waals surface area contributed by atoms with E-state index < -0.39 is 5.91 Å². The third-order valence-corrected chi connectivity index (χ3v) is 2.67. The van der Waals surface area contributed by atoms with E-state index in [2.05, 4.69) is 15.3 Å². The minimum Gasteiger partial charge on any atom is -0.437 e. The molecule has 2 rings (SSSR count). The molecule has 104 valence electrons. The van der Waals surface area contributed by atoms with Gasteiger partial charge >= 0.3 is 0 Å². The molecule has 20 heavy (non-hydrogen) atoms. The standard InChI is InChI=1S/C13H13ClN4O2/c1-2-16-13-17-7-9(14)12(18-13)20-10-6-4-3-5-8(10)11(15)19/h3-7H,2H2,1H3,(H2,15,19)(H,16,17,18). The molecule has 0 spiro atoms. The van der Waals surface area contributed by atoms with Crippen molar-refractivity contribution < 1.29 is 9.53 Å². The van der Waals surface area contributed by atoms with E-state index in [4.69, 9.17) is 22.1 Å². The highest BCUT2D eigenvalue weighted by Gasteiger charge is 2.13. The molecule has 1 amide bonds. The predicted octanol–water partition coefficient (Wildman–Crippen LogP) is 2.45. The lowest BCUT2D eigenvalue weighted by Crippen LogP contribution is -2.12. The first kappa shape index (κ1) is 14.1. The fourth-order valence-electron chi connectivity index (χ4n) is 1.53. The van der Waals surface area contributed by atoms with E-state index in [1.807, 2.05) is 6.92 Å². The zero-order valence-electron chi connectivity index (χ0n) is 10.8. The Morgan fingerprint density at radius 3 is 2.90 bits per heavy atom. The summed E-state index contributed by atoms with van der Waals surface area (Å²) >= 11 is 5.98. The molecule has 0 unspecified atom stereocenters. The highest BCUT2D eigenvalue weighted by atomic mass is 35.5. The molecule has 6 nitrogen and oxygen atoms in total. The Hall–Kier alpha value is -2.34. The van der Waals surface area contributed by atoms with Gasteiger partial charge in [0.15, 0.2) is 0 Å². The molecule has 1 aromatic carbocycles. The van der Waals surface area contributed by atoms with Gasteiger partial charge in [-0.05, 0) is 19.1 Å². The van der Waals surface area contributed by atoms with E-state index in [1.165, 1.54) is 6.20 Å². The zero-order valence-corrected chi connectivity index (χ0v) is 11.5. The monoisotopic (exact) mass is 292 g/mol. The van der Waals surface area contributed by atoms with Gasteiger partial charge in [-0.25, -0.2) is 4.98 Å². The lowest BCUT2D eigenvalue weighted by Gasteiger charge is -2.10. The fraction of sp³-hybridized carbons (Fsp3) is 0.154. The number of ether oxygens (including phenoxy) is 1. The van der Waals surface area contributed by atoms with Gasteiger partial charge in [0.25, 0.3) is 5.91 Å². The Morgan fingerprint density at radius 2 is 2.20 bits per heavy atom. The summed E-state index contributed by atoms with van der Waals surface area (Å²) in [6, 6.07) is 6.60. The largest absolute Gasteiger partial charge is 0.437 e. The van der Waals surface area contributed by atoms with Crippen molar-refractivity contribution in [2.75, 3.05) is 11.9 Å². The van der Waals surface area contributed by atoms with Crippen molar-refractivity contribution in [3.05, 3.63) is 41.0 Å². The highest BCUT2D eigenvalue weighted by Crippen LogP contribution is 2.29. The molecule has 0 fully saturated rings. The highest BCUT2D eigenvalue weighted by molar-refractivity contribution is 6.31. The summed E-state index contributed by atoms with van der Waals surface area (Å²) in [5, 5.41) is 3.19. The molecule has 1 heterocycles. The van der Waals surface area contributed by atoms with Gasteiger partial charge in [-0.3, -0.25) is 4.79 Å². The number of rotatable bonds is 5. The number of nitrogens with two attached hydrogens (primary N) is 1. The first-order valence-electron chi connectivity index (χ1n) is 5.95. The summed E-state index contributed by atoms with van der Waals surface area (Å²) in [7, 11) is 0. The van der Waals surface area contributed by atoms with Gasteiger partial charge in [0.1, 0.15) is 10.8 Å². The number of carbonyl (C=O) groups excluding carboxylic acids is 1. The molecular formula is C13H13ClN4O2. The Labute approximate surface area is 120 Å². The maximum atomic E-state index is 11.3. The molecule has 0 bridgehead atoms. The number of amides is 1. The molecule has 1 aromatic heterocycles. The molecule has 0 radical (unpaired) electrons. The van der Waals surface area contributed by atoms with E-state index in [0.29, 0.717) is 18.2 Å². The number of hydrogen-bond donors (Lipinski definition) is 2. The molecule has 0 aliphatic carbocycles. The van der Waals surface area contributed by atoms with Crippen LogP contribution in [0.25, 0.3) is 0 Å². The van der Waals surface area contributed by atoms with Gasteiger partial charge in [0.05, 0.1) is 11.8 Å². The summed E-state index contributed by atoms with van der Waals surface area (Å²) < 4.78 is 5.56. The van der Waals surface area contributed by atoms with E-state index in [9.17, 15) is 4.79 Å². The first-order valence-corrected chi connectivity index (χ1v) is 6.32. The van der Waals surface area contributed by atoms with Crippen LogP contribution in [0, 0.1) is 0 Å². The number of hydrogen-bond acceptors (Lipinski definition) is 5. The number of aromatic nitrogens is 2. The third-order valence-electron chi connectivity index (χ3n) is 2.41. The smallest absolute Gasteiger partial charge is 0.252 e. The van der Waals surface area contributed by atoms with Crippen molar-refractivity contribution in [3.63, 3.8) is 0 Å². The topological polar surface area (TPSA) is 90.1 Å². The quantitative estimate of drug-likeness (QED) is 0.883. The molecule has 0 atom stereocenters. The average molecular weight is 293 g/mol. The normalized spacial score (nSPS) is 10.1. The van der Waals surface area contributed by atoms with Crippen molar-refractivity contribution in [3.8, 4) is 11.6 Å². The molecule has 0 saturated heterocycles. The Bertz CT molecular complexity index is 634. The first-order chi connectivity index (χ1) is 9.61. The average Bonchev–Trinajstić information content (AvgIpc) is 2.43. The van der Waals surface area contributed by atoms with Crippen LogP contribution in [0.2, 0.25) is 5.02 Å². The Kier molecular flexibility index (Phi) is 4.37. The summed E-state index contributed by atoms with van der Waals surface area (Å²) in [6.07, 6.45) is 1.43. The molecule has 0 aliphatic heterocycles. The number of para-hydroxylation sites is 1. The maximum Gasteiger partial charge on any atom is 0.252 e. The summed E-state index contributed by atoms with van der Waals surface area (Å²) in [6.45, 7) is 2.58. The third kappa shape index (κ3) is 3.16. The second-order valence-corrected chi connectivity index (χ2v) is 4.25. The van der Waals surface area contributed by atoms with Gasteiger partial charge in [-0.2, -0.15) is 4.98 Å². The van der Waals surface area contributed by atoms with E-state index in [-0.39, 0.29) is 16.5 Å². The van der Waals surface area contributed by atoms with Crippen LogP contribution in [-0.4, -0.2) is 22.4 Å². The van der Waals surface area contributed by atoms with E-state index in [0.717, 1.165) is 0 Å². The number of nitrogens with zero attached hydrogens (tertiary/aromatic N) is 2. The van der Waals surface area contributed by atoms with Crippen LogP contribution in [-0.2, 0) is 0 Å². The van der Waals surface area contributed by atoms with Crippen LogP contribution in [0.5, 0.6) is 11.6 Å². The lowest BCUT2D eigenvalue weighted by atomic mass is 10.2. The number of nitrogens with one attached hydrogen (secondary N) is 1. The molecule has 2 aromatic rings. The summed E-state index contributed by atoms with van der Waals surface area (Å²) in [5.41, 5.74) is 5.54. The fourth-order valence-corrected chi connectivity index (χ4v) is 1.66. The van der Waals surface area contributed by atoms with E-state index >= 15 is 0 Å². The Morgan fingerprint density at radius 1 is 1.45 bits per heavy atom. The van der Waals surface area contributed by atoms with Gasteiger partial charge in [-0.15, -0.1) is 0 Å². The zero-order chi connectivity index (χ0) is 14.5. The number of benzene rings is 1. The summed E-state index contributed by atoms with van der Waals surface area (Å²) in [4.78, 5) is 19.5. The van der Waals surface area contributed by atoms with Gasteiger partial charge < -0.3 is 15.8 Å². The van der Waals surface area contributed by atoms with Crippen LogP contribution in [0.4, 0.5) is 5.95 Å². The number of primary amides is 1. The number of carbonyl (C=O) groups is 1. The Balaban J connectivity index is 2.34. The molecule has 0 saturated carbocycles. The van der Waals surface area contributed by atoms with Gasteiger partial charge in [0, 0.05) is 6.54 Å². The molecule has 7 heteroatoms. The predicted molar refractivity (Wildman–Crippen MR) is 76.2 cm³/mol. The summed E-state index contributed by atoms with van der Waals surface area (Å²) in [5.74, 6) is 0.260. The van der Waals surface area contributed by atoms with Crippen LogP contribution in [0.15, 0.2) is 30.5 Å². The van der Waals surface area contributed by atoms with Crippen LogP contribution in [0.3, 0.4) is 0 Å². The van der Waals surface area contributed by atoms with Gasteiger partial charge in [0.2, 0.25) is 11.8 Å². The number of halogens is 1. The van der Waals surface area contributed by atoms with Gasteiger partial charge in [-0.1, -0.05) is 23.7 Å². The van der Waals surface area contributed by atoms with Crippen LogP contribution in [0.1, 0.15) is 17.3 Å². The lowest BCUT2D eigenvalue weighted by molar-refractivity contribution is 0.0998. The SMILES string of the molecule is CCNc1ncc(Cl)c(Oc2ccccc2C(N)=O)n1. The van der Waals surface area contributed by atoms with Crippen LogP contribution < -0.4 is 15.8 Å². The second kappa shape index (κ2) is 6.21. The second-order valence-electron chi connectivity index (χ2n) is 3.84.